The monoisotopic (exact) mass is 284 g/mol. The predicted octanol–water partition coefficient (Wildman–Crippen LogP) is 0.107. The van der Waals surface area contributed by atoms with E-state index in [1.165, 1.54) is 6.07 Å². The van der Waals surface area contributed by atoms with Crippen LogP contribution in [0.3, 0.4) is 0 Å². The van der Waals surface area contributed by atoms with Crippen LogP contribution in [0.1, 0.15) is 6.42 Å². The molecular weight excluding hydrogens is 268 g/mol. The molecule has 1 aliphatic heterocycles. The van der Waals surface area contributed by atoms with E-state index in [0.29, 0.717) is 12.2 Å². The molecule has 0 bridgehead atoms. The first kappa shape index (κ1) is 13.8. The second kappa shape index (κ2) is 5.58. The third-order valence-corrected chi connectivity index (χ3v) is 4.65. The molecular formula is C12H16N2O4S. The van der Waals surface area contributed by atoms with Gasteiger partial charge in [-0.25, -0.2) is 8.42 Å². The zero-order valence-corrected chi connectivity index (χ0v) is 11.1. The fourth-order valence-electron chi connectivity index (χ4n) is 2.00. The van der Waals surface area contributed by atoms with Crippen molar-refractivity contribution in [2.75, 3.05) is 23.4 Å². The van der Waals surface area contributed by atoms with Crippen molar-refractivity contribution in [1.29, 1.82) is 0 Å². The van der Waals surface area contributed by atoms with Crippen LogP contribution >= 0.6 is 0 Å². The van der Waals surface area contributed by atoms with E-state index >= 15 is 0 Å². The maximum absolute atomic E-state index is 11.8. The number of phenolic OH excluding ortho intramolecular Hbond substituents is 1. The molecule has 19 heavy (non-hydrogen) atoms. The Labute approximate surface area is 111 Å². The zero-order chi connectivity index (χ0) is 13.9. The maximum Gasteiger partial charge on any atom is 0.226 e. The van der Waals surface area contributed by atoms with Gasteiger partial charge in [0.25, 0.3) is 0 Å². The van der Waals surface area contributed by atoms with Crippen molar-refractivity contribution in [3.63, 3.8) is 0 Å². The molecule has 0 spiro atoms. The lowest BCUT2D eigenvalue weighted by molar-refractivity contribution is -0.116. The van der Waals surface area contributed by atoms with Crippen LogP contribution in [-0.4, -0.2) is 43.5 Å². The Hall–Kier alpha value is -1.60. The molecule has 1 amide bonds. The normalized spacial score (nSPS) is 21.8. The minimum absolute atomic E-state index is 0.0138. The third-order valence-electron chi connectivity index (χ3n) is 2.91. The van der Waals surface area contributed by atoms with Gasteiger partial charge < -0.3 is 15.7 Å². The highest BCUT2D eigenvalue weighted by Crippen LogP contribution is 2.21. The first-order valence-electron chi connectivity index (χ1n) is 5.98. The highest BCUT2D eigenvalue weighted by Gasteiger charge is 2.26. The molecule has 1 aromatic rings. The van der Waals surface area contributed by atoms with E-state index in [0.717, 1.165) is 0 Å². The number of sulfone groups is 1. The summed E-state index contributed by atoms with van der Waals surface area (Å²) in [6.07, 6.45) is 0.0631. The van der Waals surface area contributed by atoms with E-state index in [2.05, 4.69) is 10.6 Å². The molecule has 0 saturated carbocycles. The van der Waals surface area contributed by atoms with E-state index in [9.17, 15) is 18.3 Å². The molecule has 0 aromatic heterocycles. The van der Waals surface area contributed by atoms with Gasteiger partial charge in [-0.3, -0.25) is 4.79 Å². The summed E-state index contributed by atoms with van der Waals surface area (Å²) in [7, 11) is -3.05. The van der Waals surface area contributed by atoms with Gasteiger partial charge in [-0.1, -0.05) is 12.1 Å². The summed E-state index contributed by atoms with van der Waals surface area (Å²) in [6.45, 7) is 0.372. The number of amides is 1. The summed E-state index contributed by atoms with van der Waals surface area (Å²) in [6, 6.07) is 6.03. The Bertz CT molecular complexity index is 571. The molecule has 0 aliphatic carbocycles. The topological polar surface area (TPSA) is 95.5 Å². The fraction of sp³-hybridized carbons (Fsp3) is 0.417. The molecule has 1 unspecified atom stereocenters. The number of benzene rings is 1. The highest BCUT2D eigenvalue weighted by atomic mass is 32.2. The average molecular weight is 284 g/mol. The zero-order valence-electron chi connectivity index (χ0n) is 10.3. The maximum atomic E-state index is 11.8. The second-order valence-corrected chi connectivity index (χ2v) is 6.76. The summed E-state index contributed by atoms with van der Waals surface area (Å²) in [5.41, 5.74) is 0.325. The summed E-state index contributed by atoms with van der Waals surface area (Å²) >= 11 is 0. The first-order chi connectivity index (χ1) is 8.96. The van der Waals surface area contributed by atoms with E-state index < -0.39 is 9.84 Å². The largest absolute Gasteiger partial charge is 0.506 e. The van der Waals surface area contributed by atoms with Crippen LogP contribution in [0.2, 0.25) is 0 Å². The number of carbonyl (C=O) groups is 1. The molecule has 1 aromatic carbocycles. The summed E-state index contributed by atoms with van der Waals surface area (Å²) < 4.78 is 22.9. The minimum Gasteiger partial charge on any atom is -0.506 e. The minimum atomic E-state index is -3.05. The van der Waals surface area contributed by atoms with Crippen molar-refractivity contribution in [1.82, 2.24) is 5.32 Å². The van der Waals surface area contributed by atoms with Gasteiger partial charge in [-0.15, -0.1) is 0 Å². The van der Waals surface area contributed by atoms with Crippen molar-refractivity contribution in [2.45, 2.75) is 12.5 Å². The van der Waals surface area contributed by atoms with E-state index in [-0.39, 0.29) is 35.6 Å². The first-order valence-corrected chi connectivity index (χ1v) is 7.80. The van der Waals surface area contributed by atoms with Gasteiger partial charge in [-0.2, -0.15) is 0 Å². The van der Waals surface area contributed by atoms with E-state index in [1.807, 2.05) is 0 Å². The SMILES string of the molecule is O=C(CC1CS(=O)(=O)CCN1)Nc1ccccc1O. The number of nitrogens with one attached hydrogen (secondary N) is 2. The van der Waals surface area contributed by atoms with Gasteiger partial charge in [0, 0.05) is 19.0 Å². The van der Waals surface area contributed by atoms with Crippen LogP contribution < -0.4 is 10.6 Å². The molecule has 1 atom stereocenters. The van der Waals surface area contributed by atoms with E-state index in [1.54, 1.807) is 18.2 Å². The number of carbonyl (C=O) groups excluding carboxylic acids is 1. The second-order valence-electron chi connectivity index (χ2n) is 4.53. The molecule has 7 heteroatoms. The van der Waals surface area contributed by atoms with Crippen LogP contribution in [0.15, 0.2) is 24.3 Å². The van der Waals surface area contributed by atoms with Crippen LogP contribution in [0.4, 0.5) is 5.69 Å². The molecule has 1 heterocycles. The van der Waals surface area contributed by atoms with Gasteiger partial charge in [0.05, 0.1) is 17.2 Å². The lowest BCUT2D eigenvalue weighted by Gasteiger charge is -2.23. The smallest absolute Gasteiger partial charge is 0.226 e. The van der Waals surface area contributed by atoms with Crippen LogP contribution in [0.25, 0.3) is 0 Å². The summed E-state index contributed by atoms with van der Waals surface area (Å²) in [5, 5.41) is 15.1. The summed E-state index contributed by atoms with van der Waals surface area (Å²) in [5.74, 6) is -0.248. The number of para-hydroxylation sites is 2. The van der Waals surface area contributed by atoms with Crippen LogP contribution in [0.5, 0.6) is 5.75 Å². The Morgan fingerprint density at radius 2 is 2.16 bits per heavy atom. The Balaban J connectivity index is 1.93. The van der Waals surface area contributed by atoms with Crippen molar-refractivity contribution >= 4 is 21.4 Å². The van der Waals surface area contributed by atoms with Crippen molar-refractivity contribution in [3.8, 4) is 5.75 Å². The molecule has 1 saturated heterocycles. The number of phenols is 1. The van der Waals surface area contributed by atoms with E-state index in [4.69, 9.17) is 0 Å². The number of aromatic hydroxyl groups is 1. The van der Waals surface area contributed by atoms with Crippen molar-refractivity contribution < 1.29 is 18.3 Å². The van der Waals surface area contributed by atoms with Crippen molar-refractivity contribution in [3.05, 3.63) is 24.3 Å². The molecule has 1 aliphatic rings. The average Bonchev–Trinajstić information content (AvgIpc) is 2.30. The molecule has 6 nitrogen and oxygen atoms in total. The van der Waals surface area contributed by atoms with Crippen molar-refractivity contribution in [2.24, 2.45) is 0 Å². The molecule has 1 fully saturated rings. The quantitative estimate of drug-likeness (QED) is 0.685. The molecule has 2 rings (SSSR count). The Morgan fingerprint density at radius 3 is 2.84 bits per heavy atom. The standard InChI is InChI=1S/C12H16N2O4S/c15-11-4-2-1-3-10(11)14-12(16)7-9-8-19(17,18)6-5-13-9/h1-4,9,13,15H,5-8H2,(H,14,16). The van der Waals surface area contributed by atoms with Crippen LogP contribution in [0, 0.1) is 0 Å². The lowest BCUT2D eigenvalue weighted by Crippen LogP contribution is -2.46. The van der Waals surface area contributed by atoms with Gasteiger partial charge in [0.15, 0.2) is 9.84 Å². The highest BCUT2D eigenvalue weighted by molar-refractivity contribution is 7.91. The Kier molecular flexibility index (Phi) is 4.06. The van der Waals surface area contributed by atoms with Gasteiger partial charge in [0.1, 0.15) is 5.75 Å². The molecule has 3 N–H and O–H groups in total. The van der Waals surface area contributed by atoms with Crippen LogP contribution in [-0.2, 0) is 14.6 Å². The summed E-state index contributed by atoms with van der Waals surface area (Å²) in [4.78, 5) is 11.8. The van der Waals surface area contributed by atoms with Gasteiger partial charge >= 0.3 is 0 Å². The molecule has 0 radical (unpaired) electrons. The van der Waals surface area contributed by atoms with Gasteiger partial charge in [0.2, 0.25) is 5.91 Å². The lowest BCUT2D eigenvalue weighted by atomic mass is 10.2. The Morgan fingerprint density at radius 1 is 1.42 bits per heavy atom. The third kappa shape index (κ3) is 3.93. The van der Waals surface area contributed by atoms with Gasteiger partial charge in [-0.05, 0) is 12.1 Å². The number of rotatable bonds is 3. The predicted molar refractivity (Wildman–Crippen MR) is 71.8 cm³/mol. The fourth-order valence-corrected chi connectivity index (χ4v) is 3.45. The number of hydrogen-bond acceptors (Lipinski definition) is 5. The molecule has 104 valence electrons. The number of hydrogen-bond donors (Lipinski definition) is 3. The number of anilines is 1.